The maximum absolute atomic E-state index is 12.2. The minimum Gasteiger partial charge on any atom is -0.508 e. The van der Waals surface area contributed by atoms with E-state index in [1.807, 2.05) is 13.8 Å². The van der Waals surface area contributed by atoms with Crippen molar-refractivity contribution in [2.24, 2.45) is 5.73 Å². The van der Waals surface area contributed by atoms with Gasteiger partial charge in [-0.25, -0.2) is 8.78 Å². The number of benzene rings is 1. The second-order valence-corrected chi connectivity index (χ2v) is 4.15. The quantitative estimate of drug-likeness (QED) is 0.825. The summed E-state index contributed by atoms with van der Waals surface area (Å²) in [6.07, 6.45) is -2.92. The molecule has 0 aliphatic heterocycles. The second-order valence-electron chi connectivity index (χ2n) is 4.15. The van der Waals surface area contributed by atoms with E-state index in [-0.39, 0.29) is 5.75 Å². The Kier molecular flexibility index (Phi) is 5.34. The molecule has 0 aliphatic rings. The van der Waals surface area contributed by atoms with Crippen molar-refractivity contribution >= 4 is 5.69 Å². The fourth-order valence-electron chi connectivity index (χ4n) is 1.95. The third kappa shape index (κ3) is 3.57. The normalized spacial score (nSPS) is 12.8. The summed E-state index contributed by atoms with van der Waals surface area (Å²) in [6.45, 7) is 5.66. The number of nitrogens with two attached hydrogens (primary N) is 1. The Morgan fingerprint density at radius 1 is 1.28 bits per heavy atom. The predicted octanol–water partition coefficient (Wildman–Crippen LogP) is 2.89. The van der Waals surface area contributed by atoms with Crippen LogP contribution in [0.5, 0.6) is 5.75 Å². The van der Waals surface area contributed by atoms with Gasteiger partial charge in [-0.1, -0.05) is 6.07 Å². The molecule has 3 nitrogen and oxygen atoms in total. The van der Waals surface area contributed by atoms with Crippen LogP contribution in [0.4, 0.5) is 14.5 Å². The summed E-state index contributed by atoms with van der Waals surface area (Å²) in [5, 5.41) is 9.86. The Balaban J connectivity index is 2.91. The van der Waals surface area contributed by atoms with Gasteiger partial charge in [-0.3, -0.25) is 0 Å². The number of hydrogen-bond acceptors (Lipinski definition) is 3. The Morgan fingerprint density at radius 2 is 1.89 bits per heavy atom. The molecule has 0 saturated heterocycles. The van der Waals surface area contributed by atoms with E-state index in [4.69, 9.17) is 5.73 Å². The van der Waals surface area contributed by atoms with Crippen LogP contribution < -0.4 is 10.6 Å². The van der Waals surface area contributed by atoms with Crippen LogP contribution in [0.1, 0.15) is 31.9 Å². The fourth-order valence-corrected chi connectivity index (χ4v) is 1.95. The van der Waals surface area contributed by atoms with Crippen molar-refractivity contribution in [3.8, 4) is 5.75 Å². The Bertz CT molecular complexity index is 381. The van der Waals surface area contributed by atoms with E-state index in [0.717, 1.165) is 18.8 Å². The molecule has 0 radical (unpaired) electrons. The number of nitrogens with zero attached hydrogens (tertiary/aromatic N) is 1. The third-order valence-electron chi connectivity index (χ3n) is 2.97. The molecule has 1 aromatic rings. The topological polar surface area (TPSA) is 49.5 Å². The van der Waals surface area contributed by atoms with Crippen LogP contribution in [0.2, 0.25) is 0 Å². The van der Waals surface area contributed by atoms with Crippen molar-refractivity contribution in [1.82, 2.24) is 0 Å². The average molecular weight is 258 g/mol. The Labute approximate surface area is 106 Å². The van der Waals surface area contributed by atoms with Crippen LogP contribution in [0.3, 0.4) is 0 Å². The molecule has 0 amide bonds. The highest BCUT2D eigenvalue weighted by Crippen LogP contribution is 2.30. The van der Waals surface area contributed by atoms with Crippen LogP contribution in [-0.4, -0.2) is 24.6 Å². The van der Waals surface area contributed by atoms with Crippen molar-refractivity contribution in [2.45, 2.75) is 32.7 Å². The summed E-state index contributed by atoms with van der Waals surface area (Å²) in [5.74, 6) is -0.0208. The molecule has 0 aromatic heterocycles. The second kappa shape index (κ2) is 6.54. The van der Waals surface area contributed by atoms with Gasteiger partial charge in [-0.2, -0.15) is 0 Å². The molecule has 0 saturated carbocycles. The maximum atomic E-state index is 12.2. The Morgan fingerprint density at radius 3 is 2.33 bits per heavy atom. The van der Waals surface area contributed by atoms with Crippen molar-refractivity contribution in [3.63, 3.8) is 0 Å². The van der Waals surface area contributed by atoms with E-state index in [0.29, 0.717) is 5.56 Å². The van der Waals surface area contributed by atoms with Gasteiger partial charge in [-0.15, -0.1) is 0 Å². The minimum absolute atomic E-state index is 0.0208. The number of phenols is 1. The zero-order valence-corrected chi connectivity index (χ0v) is 10.7. The van der Waals surface area contributed by atoms with Gasteiger partial charge in [0, 0.05) is 42.9 Å². The lowest BCUT2D eigenvalue weighted by Crippen LogP contribution is -2.22. The molecule has 0 fully saturated rings. The molecule has 0 bridgehead atoms. The highest BCUT2D eigenvalue weighted by molar-refractivity contribution is 5.54. The average Bonchev–Trinajstić information content (AvgIpc) is 2.29. The zero-order valence-electron chi connectivity index (χ0n) is 10.7. The SMILES string of the molecule is CCN(CC)c1ccc([C@H](N)CC(F)F)c(O)c1. The minimum atomic E-state index is -2.47. The van der Waals surface area contributed by atoms with Gasteiger partial charge in [0.2, 0.25) is 6.43 Å². The molecule has 1 atom stereocenters. The zero-order chi connectivity index (χ0) is 13.7. The molecule has 0 heterocycles. The predicted molar refractivity (Wildman–Crippen MR) is 69.2 cm³/mol. The lowest BCUT2D eigenvalue weighted by atomic mass is 10.0. The first kappa shape index (κ1) is 14.7. The van der Waals surface area contributed by atoms with Crippen molar-refractivity contribution in [3.05, 3.63) is 23.8 Å². The number of rotatable bonds is 6. The summed E-state index contributed by atoms with van der Waals surface area (Å²) < 4.78 is 24.5. The molecular weight excluding hydrogens is 238 g/mol. The van der Waals surface area contributed by atoms with E-state index < -0.39 is 18.9 Å². The van der Waals surface area contributed by atoms with Crippen LogP contribution >= 0.6 is 0 Å². The van der Waals surface area contributed by atoms with Crippen molar-refractivity contribution in [1.29, 1.82) is 0 Å². The lowest BCUT2D eigenvalue weighted by molar-refractivity contribution is 0.128. The maximum Gasteiger partial charge on any atom is 0.240 e. The molecule has 0 unspecified atom stereocenters. The van der Waals surface area contributed by atoms with E-state index in [2.05, 4.69) is 4.90 Å². The summed E-state index contributed by atoms with van der Waals surface area (Å²) in [4.78, 5) is 2.06. The van der Waals surface area contributed by atoms with Gasteiger partial charge in [0.15, 0.2) is 0 Å². The standard InChI is InChI=1S/C13H20F2N2O/c1-3-17(4-2)9-5-6-10(12(18)7-9)11(16)8-13(14)15/h5-7,11,13,18H,3-4,8,16H2,1-2H3/t11-/m1/s1. The fraction of sp³-hybridized carbons (Fsp3) is 0.538. The molecule has 3 N–H and O–H groups in total. The monoisotopic (exact) mass is 258 g/mol. The number of anilines is 1. The van der Waals surface area contributed by atoms with Crippen molar-refractivity contribution in [2.75, 3.05) is 18.0 Å². The summed E-state index contributed by atoms with van der Waals surface area (Å²) in [6, 6.07) is 4.16. The van der Waals surface area contributed by atoms with Gasteiger partial charge in [0.1, 0.15) is 5.75 Å². The van der Waals surface area contributed by atoms with E-state index >= 15 is 0 Å². The van der Waals surface area contributed by atoms with Gasteiger partial charge in [0.25, 0.3) is 0 Å². The molecule has 1 aromatic carbocycles. The van der Waals surface area contributed by atoms with Gasteiger partial charge >= 0.3 is 0 Å². The third-order valence-corrected chi connectivity index (χ3v) is 2.97. The summed E-state index contributed by atoms with van der Waals surface area (Å²) >= 11 is 0. The molecule has 1 rings (SSSR count). The summed E-state index contributed by atoms with van der Waals surface area (Å²) in [5.41, 5.74) is 6.87. The molecule has 102 valence electrons. The Hall–Kier alpha value is -1.36. The van der Waals surface area contributed by atoms with E-state index in [9.17, 15) is 13.9 Å². The first-order valence-electron chi connectivity index (χ1n) is 6.11. The van der Waals surface area contributed by atoms with E-state index in [1.165, 1.54) is 0 Å². The number of hydrogen-bond donors (Lipinski definition) is 2. The molecular formula is C13H20F2N2O. The van der Waals surface area contributed by atoms with Crippen LogP contribution in [0.25, 0.3) is 0 Å². The summed E-state index contributed by atoms with van der Waals surface area (Å²) in [7, 11) is 0. The molecule has 18 heavy (non-hydrogen) atoms. The van der Waals surface area contributed by atoms with Gasteiger partial charge in [0.05, 0.1) is 0 Å². The lowest BCUT2D eigenvalue weighted by Gasteiger charge is -2.22. The number of halogens is 2. The molecule has 0 spiro atoms. The van der Waals surface area contributed by atoms with Crippen LogP contribution in [0.15, 0.2) is 18.2 Å². The van der Waals surface area contributed by atoms with E-state index in [1.54, 1.807) is 18.2 Å². The van der Waals surface area contributed by atoms with Crippen molar-refractivity contribution < 1.29 is 13.9 Å². The first-order valence-corrected chi connectivity index (χ1v) is 6.11. The largest absolute Gasteiger partial charge is 0.508 e. The van der Waals surface area contributed by atoms with Gasteiger partial charge in [-0.05, 0) is 19.9 Å². The number of aromatic hydroxyl groups is 1. The molecule has 5 heteroatoms. The highest BCUT2D eigenvalue weighted by atomic mass is 19.3. The van der Waals surface area contributed by atoms with Crippen LogP contribution in [-0.2, 0) is 0 Å². The highest BCUT2D eigenvalue weighted by Gasteiger charge is 2.17. The van der Waals surface area contributed by atoms with Gasteiger partial charge < -0.3 is 15.7 Å². The first-order chi connectivity index (χ1) is 8.49. The number of alkyl halides is 2. The molecule has 0 aliphatic carbocycles. The number of phenolic OH excluding ortho intramolecular Hbond substituents is 1. The van der Waals surface area contributed by atoms with Crippen LogP contribution in [0, 0.1) is 0 Å². The smallest absolute Gasteiger partial charge is 0.240 e.